The van der Waals surface area contributed by atoms with Crippen LogP contribution < -0.4 is 35.5 Å². The second-order valence-corrected chi connectivity index (χ2v) is 16.2. The number of methoxy groups -OCH3 is 4. The molecule has 0 aliphatic rings. The number of hydrogen-bond acceptors (Lipinski definition) is 14. The first-order valence-electron chi connectivity index (χ1n) is 20.0. The van der Waals surface area contributed by atoms with Crippen LogP contribution in [-0.4, -0.2) is 87.3 Å². The Kier molecular flexibility index (Phi) is 23.6. The Morgan fingerprint density at radius 2 is 1.10 bits per heavy atom. The fourth-order valence-corrected chi connectivity index (χ4v) is 7.70. The number of aromatic nitrogens is 4. The van der Waals surface area contributed by atoms with Gasteiger partial charge in [-0.15, -0.1) is 22.7 Å². The molecule has 22 heteroatoms. The van der Waals surface area contributed by atoms with Gasteiger partial charge in [0, 0.05) is 92.8 Å². The summed E-state index contributed by atoms with van der Waals surface area (Å²) in [7, 11) is 4.61. The number of carboxylic acids is 2. The van der Waals surface area contributed by atoms with Gasteiger partial charge < -0.3 is 44.2 Å². The zero-order chi connectivity index (χ0) is 50.6. The summed E-state index contributed by atoms with van der Waals surface area (Å²) in [5.41, 5.74) is 5.36. The van der Waals surface area contributed by atoms with E-state index in [1.165, 1.54) is 36.9 Å². The summed E-state index contributed by atoms with van der Waals surface area (Å²) >= 11 is 14.7. The van der Waals surface area contributed by atoms with Gasteiger partial charge in [-0.3, -0.25) is 23.7 Å². The van der Waals surface area contributed by atoms with Crippen molar-refractivity contribution in [3.8, 4) is 72.3 Å². The standard InChI is InChI=1S/C22H17ClN2O3S.C14H9ClN2OS.C8H11BO4.2C2H4O2.Cu/c1-27-16-9-10-19(20(12-16)28-2)25-11-3-4-17(22(25)26)21-24-18(13-29-21)14-5-7-15(23)8-6-14;15-10-5-3-9(4-6-10)12-8-19-14(17-12)11-2-1-7-16-13(11)18;1-12-6-3-4-7(9(10)11)8(5-6)13-2;2*1-2(3)4;/h3-13H,1-2H3;1-8H,(H,16,18);3-5,10-11H,1-2H3;2*1H3,(H,3,4);. The summed E-state index contributed by atoms with van der Waals surface area (Å²) in [5.74, 6) is 0.544. The molecule has 70 heavy (non-hydrogen) atoms. The third-order valence-corrected chi connectivity index (χ3v) is 11.1. The Hall–Kier alpha value is -6.74. The average molecular weight is 1080 g/mol. The first kappa shape index (κ1) is 57.6. The molecular formula is C48H45BCl2CuN4O12S2. The fourth-order valence-electron chi connectivity index (χ4n) is 5.75. The third-order valence-electron chi connectivity index (χ3n) is 8.88. The van der Waals surface area contributed by atoms with E-state index in [-0.39, 0.29) is 28.2 Å². The van der Waals surface area contributed by atoms with Crippen LogP contribution in [0.25, 0.3) is 49.3 Å². The number of carbonyl (C=O) groups is 2. The largest absolute Gasteiger partial charge is 0.497 e. The average Bonchev–Trinajstić information content (AvgIpc) is 4.04. The van der Waals surface area contributed by atoms with Crippen LogP contribution in [0.15, 0.2) is 142 Å². The Morgan fingerprint density at radius 3 is 1.56 bits per heavy atom. The molecule has 5 N–H and O–H groups in total. The van der Waals surface area contributed by atoms with Crippen molar-refractivity contribution < 1.29 is 65.9 Å². The van der Waals surface area contributed by atoms with Crippen LogP contribution in [0.3, 0.4) is 0 Å². The van der Waals surface area contributed by atoms with Gasteiger partial charge in [0.15, 0.2) is 0 Å². The number of pyridine rings is 2. The number of benzene rings is 4. The molecule has 0 amide bonds. The van der Waals surface area contributed by atoms with Crippen LogP contribution in [0.5, 0.6) is 23.0 Å². The number of hydrogen-bond donors (Lipinski definition) is 5. The molecule has 0 aliphatic heterocycles. The van der Waals surface area contributed by atoms with Crippen molar-refractivity contribution in [3.63, 3.8) is 0 Å². The Balaban J connectivity index is 0.000000272. The molecule has 0 fully saturated rings. The molecule has 1 radical (unpaired) electrons. The van der Waals surface area contributed by atoms with Crippen LogP contribution in [0, 0.1) is 0 Å². The van der Waals surface area contributed by atoms with E-state index in [2.05, 4.69) is 15.0 Å². The van der Waals surface area contributed by atoms with Gasteiger partial charge in [0.25, 0.3) is 23.1 Å². The Labute approximate surface area is 431 Å². The van der Waals surface area contributed by atoms with Crippen molar-refractivity contribution in [2.75, 3.05) is 28.4 Å². The van der Waals surface area contributed by atoms with Crippen LogP contribution in [-0.2, 0) is 26.7 Å². The van der Waals surface area contributed by atoms with Gasteiger partial charge in [-0.25, -0.2) is 9.97 Å². The molecule has 16 nitrogen and oxygen atoms in total. The van der Waals surface area contributed by atoms with Gasteiger partial charge in [-0.2, -0.15) is 0 Å². The topological polar surface area (TPSA) is 233 Å². The molecule has 0 unspecified atom stereocenters. The second-order valence-electron chi connectivity index (χ2n) is 13.7. The molecule has 4 aromatic heterocycles. The normalized spacial score (nSPS) is 9.80. The number of nitrogens with one attached hydrogen (secondary N) is 1. The molecule has 4 aromatic carbocycles. The van der Waals surface area contributed by atoms with E-state index in [4.69, 9.17) is 72.0 Å². The summed E-state index contributed by atoms with van der Waals surface area (Å²) in [6, 6.07) is 32.2. The van der Waals surface area contributed by atoms with E-state index in [0.29, 0.717) is 65.3 Å². The third kappa shape index (κ3) is 17.0. The number of rotatable bonds is 10. The summed E-state index contributed by atoms with van der Waals surface area (Å²) in [6.45, 7) is 2.17. The number of carboxylic acid groups (broad SMARTS) is 2. The first-order chi connectivity index (χ1) is 33.0. The smallest absolute Gasteiger partial charge is 0.492 e. The van der Waals surface area contributed by atoms with Crippen LogP contribution in [0.2, 0.25) is 10.0 Å². The van der Waals surface area contributed by atoms with Gasteiger partial charge in [-0.1, -0.05) is 53.5 Å². The van der Waals surface area contributed by atoms with Gasteiger partial charge >= 0.3 is 7.12 Å². The molecule has 4 heterocycles. The number of aliphatic carboxylic acids is 2. The summed E-state index contributed by atoms with van der Waals surface area (Å²) < 4.78 is 22.1. The van der Waals surface area contributed by atoms with Crippen molar-refractivity contribution in [3.05, 3.63) is 163 Å². The van der Waals surface area contributed by atoms with Crippen molar-refractivity contribution in [2.24, 2.45) is 0 Å². The molecule has 0 saturated heterocycles. The molecule has 369 valence electrons. The van der Waals surface area contributed by atoms with Crippen molar-refractivity contribution >= 4 is 70.4 Å². The van der Waals surface area contributed by atoms with Gasteiger partial charge in [0.05, 0.1) is 56.6 Å². The summed E-state index contributed by atoms with van der Waals surface area (Å²) in [5, 5.41) is 39.3. The van der Waals surface area contributed by atoms with E-state index in [1.807, 2.05) is 65.4 Å². The van der Waals surface area contributed by atoms with Gasteiger partial charge in [0.1, 0.15) is 33.0 Å². The molecule has 0 atom stereocenters. The maximum atomic E-state index is 13.2. The fraction of sp³-hybridized carbons (Fsp3) is 0.125. The quantitative estimate of drug-likeness (QED) is 0.0807. The molecule has 8 aromatic rings. The maximum Gasteiger partial charge on any atom is 0.492 e. The maximum absolute atomic E-state index is 13.2. The van der Waals surface area contributed by atoms with Gasteiger partial charge in [-0.05, 0) is 66.7 Å². The number of thiazole rings is 2. The Bertz CT molecular complexity index is 3040. The van der Waals surface area contributed by atoms with E-state index < -0.39 is 19.1 Å². The molecule has 0 aliphatic carbocycles. The number of H-pyrrole nitrogens is 1. The number of halogens is 2. The van der Waals surface area contributed by atoms with E-state index in [0.717, 1.165) is 36.4 Å². The van der Waals surface area contributed by atoms with Gasteiger partial charge in [0.2, 0.25) is 0 Å². The molecule has 0 bridgehead atoms. The molecule has 0 spiro atoms. The Morgan fingerprint density at radius 1 is 0.643 bits per heavy atom. The predicted molar refractivity (Wildman–Crippen MR) is 271 cm³/mol. The van der Waals surface area contributed by atoms with E-state index in [9.17, 15) is 9.59 Å². The minimum atomic E-state index is -1.53. The minimum absolute atomic E-state index is 0. The monoisotopic (exact) mass is 1080 g/mol. The SMILES string of the molecule is CC(=O)O.CC(=O)O.COc1ccc(-n2cccc(-c3nc(-c4ccc(Cl)cc4)cs3)c2=O)c(OC)c1.COc1ccc(B(O)O)c(OC)c1.O=c1[nH]cccc1-c1nc(-c2ccc(Cl)cc2)cs1.[Cu]. The number of aromatic amines is 1. The summed E-state index contributed by atoms with van der Waals surface area (Å²) in [4.78, 5) is 54.7. The van der Waals surface area contributed by atoms with E-state index in [1.54, 1.807) is 85.8 Å². The zero-order valence-corrected chi connectivity index (χ0v) is 42.1. The molecule has 0 saturated carbocycles. The predicted octanol–water partition coefficient (Wildman–Crippen LogP) is 8.68. The number of ether oxygens (including phenoxy) is 4. The molecular weight excluding hydrogens is 1030 g/mol. The molecule has 8 rings (SSSR count). The number of nitrogens with zero attached hydrogens (tertiary/aromatic N) is 3. The first-order valence-corrected chi connectivity index (χ1v) is 22.5. The van der Waals surface area contributed by atoms with Crippen molar-refractivity contribution in [2.45, 2.75) is 13.8 Å². The summed E-state index contributed by atoms with van der Waals surface area (Å²) in [6.07, 6.45) is 3.32. The van der Waals surface area contributed by atoms with Crippen LogP contribution in [0.4, 0.5) is 0 Å². The van der Waals surface area contributed by atoms with Crippen LogP contribution in [0.1, 0.15) is 13.8 Å². The minimum Gasteiger partial charge on any atom is -0.497 e. The van der Waals surface area contributed by atoms with E-state index >= 15 is 0 Å². The van der Waals surface area contributed by atoms with Crippen LogP contribution >= 0.6 is 45.9 Å². The zero-order valence-electron chi connectivity index (χ0n) is 38.0. The second kappa shape index (κ2) is 28.7. The van der Waals surface area contributed by atoms with Crippen molar-refractivity contribution in [1.82, 2.24) is 19.5 Å². The van der Waals surface area contributed by atoms with Crippen molar-refractivity contribution in [1.29, 1.82) is 0 Å².